The van der Waals surface area contributed by atoms with Gasteiger partial charge in [0, 0.05) is 19.3 Å². The summed E-state index contributed by atoms with van der Waals surface area (Å²) in [6.07, 6.45) is 5.39. The molecule has 0 radical (unpaired) electrons. The SMILES string of the molecule is COc1ccc(N)c(C(=O)N(C)CC2CC3CCC2C3)c1. The van der Waals surface area contributed by atoms with E-state index in [1.807, 2.05) is 11.9 Å². The molecule has 2 saturated carbocycles. The summed E-state index contributed by atoms with van der Waals surface area (Å²) in [5.41, 5.74) is 7.00. The second kappa shape index (κ2) is 5.58. The van der Waals surface area contributed by atoms with Gasteiger partial charge < -0.3 is 15.4 Å². The smallest absolute Gasteiger partial charge is 0.255 e. The lowest BCUT2D eigenvalue weighted by Crippen LogP contribution is -2.34. The second-order valence-electron chi connectivity index (χ2n) is 6.57. The van der Waals surface area contributed by atoms with Crippen LogP contribution in [-0.4, -0.2) is 31.5 Å². The summed E-state index contributed by atoms with van der Waals surface area (Å²) in [6.45, 7) is 0.844. The van der Waals surface area contributed by atoms with E-state index in [2.05, 4.69) is 0 Å². The van der Waals surface area contributed by atoms with Crippen molar-refractivity contribution in [2.24, 2.45) is 17.8 Å². The van der Waals surface area contributed by atoms with Crippen molar-refractivity contribution in [2.75, 3.05) is 26.4 Å². The Balaban J connectivity index is 1.69. The number of fused-ring (bicyclic) bond motifs is 2. The Bertz CT molecular complexity index is 544. The van der Waals surface area contributed by atoms with Gasteiger partial charge in [0.1, 0.15) is 5.75 Å². The zero-order valence-electron chi connectivity index (χ0n) is 12.8. The number of methoxy groups -OCH3 is 1. The number of rotatable bonds is 4. The number of anilines is 1. The minimum absolute atomic E-state index is 0.00539. The molecule has 0 spiro atoms. The van der Waals surface area contributed by atoms with Gasteiger partial charge in [-0.15, -0.1) is 0 Å². The number of nitrogens with zero attached hydrogens (tertiary/aromatic N) is 1. The molecule has 3 rings (SSSR count). The molecule has 1 aromatic carbocycles. The fraction of sp³-hybridized carbons (Fsp3) is 0.588. The van der Waals surface area contributed by atoms with Gasteiger partial charge in [0.2, 0.25) is 0 Å². The predicted molar refractivity (Wildman–Crippen MR) is 83.3 cm³/mol. The van der Waals surface area contributed by atoms with Gasteiger partial charge in [0.25, 0.3) is 5.91 Å². The van der Waals surface area contributed by atoms with Crippen LogP contribution in [0.4, 0.5) is 5.69 Å². The van der Waals surface area contributed by atoms with Gasteiger partial charge in [-0.3, -0.25) is 4.79 Å². The molecule has 0 aromatic heterocycles. The number of carbonyl (C=O) groups is 1. The second-order valence-corrected chi connectivity index (χ2v) is 6.57. The molecule has 2 bridgehead atoms. The summed E-state index contributed by atoms with van der Waals surface area (Å²) < 4.78 is 5.19. The van der Waals surface area contributed by atoms with Crippen molar-refractivity contribution < 1.29 is 9.53 Å². The molecule has 1 amide bonds. The number of carbonyl (C=O) groups excluding carboxylic acids is 1. The summed E-state index contributed by atoms with van der Waals surface area (Å²) in [7, 11) is 3.48. The van der Waals surface area contributed by atoms with E-state index in [0.29, 0.717) is 22.9 Å². The summed E-state index contributed by atoms with van der Waals surface area (Å²) in [6, 6.07) is 5.24. The highest BCUT2D eigenvalue weighted by molar-refractivity contribution is 5.99. The van der Waals surface area contributed by atoms with E-state index >= 15 is 0 Å². The summed E-state index contributed by atoms with van der Waals surface area (Å²) in [4.78, 5) is 14.4. The standard InChI is InChI=1S/C17H24N2O2/c1-19(10-13-8-11-3-4-12(13)7-11)17(20)15-9-14(21-2)5-6-16(15)18/h5-6,9,11-13H,3-4,7-8,10,18H2,1-2H3. The van der Waals surface area contributed by atoms with Crippen LogP contribution in [-0.2, 0) is 0 Å². The topological polar surface area (TPSA) is 55.6 Å². The van der Waals surface area contributed by atoms with Gasteiger partial charge in [0.05, 0.1) is 12.7 Å². The van der Waals surface area contributed by atoms with E-state index in [4.69, 9.17) is 10.5 Å². The van der Waals surface area contributed by atoms with Gasteiger partial charge in [-0.25, -0.2) is 0 Å². The van der Waals surface area contributed by atoms with Crippen LogP contribution >= 0.6 is 0 Å². The van der Waals surface area contributed by atoms with Crippen LogP contribution < -0.4 is 10.5 Å². The third-order valence-electron chi connectivity index (χ3n) is 5.23. The van der Waals surface area contributed by atoms with Gasteiger partial charge in [-0.1, -0.05) is 6.42 Å². The lowest BCUT2D eigenvalue weighted by atomic mass is 9.88. The summed E-state index contributed by atoms with van der Waals surface area (Å²) in [5, 5.41) is 0. The fourth-order valence-electron chi connectivity index (χ4n) is 4.09. The molecule has 0 saturated heterocycles. The Morgan fingerprint density at radius 1 is 1.38 bits per heavy atom. The molecule has 4 heteroatoms. The van der Waals surface area contributed by atoms with Crippen molar-refractivity contribution in [3.05, 3.63) is 23.8 Å². The molecule has 21 heavy (non-hydrogen) atoms. The zero-order chi connectivity index (χ0) is 15.0. The van der Waals surface area contributed by atoms with E-state index in [1.165, 1.54) is 25.7 Å². The van der Waals surface area contributed by atoms with Gasteiger partial charge >= 0.3 is 0 Å². The monoisotopic (exact) mass is 288 g/mol. The molecule has 2 aliphatic carbocycles. The van der Waals surface area contributed by atoms with Crippen LogP contribution in [0, 0.1) is 17.8 Å². The summed E-state index contributed by atoms with van der Waals surface area (Å²) in [5.74, 6) is 3.07. The zero-order valence-corrected chi connectivity index (χ0v) is 12.8. The molecular weight excluding hydrogens is 264 g/mol. The van der Waals surface area contributed by atoms with Crippen LogP contribution in [0.25, 0.3) is 0 Å². The predicted octanol–water partition coefficient (Wildman–Crippen LogP) is 2.79. The Kier molecular flexibility index (Phi) is 3.79. The Hall–Kier alpha value is -1.71. The van der Waals surface area contributed by atoms with Crippen molar-refractivity contribution in [2.45, 2.75) is 25.7 Å². The maximum atomic E-state index is 12.6. The average molecular weight is 288 g/mol. The Morgan fingerprint density at radius 3 is 2.81 bits per heavy atom. The first-order chi connectivity index (χ1) is 10.1. The molecule has 2 aliphatic rings. The number of amides is 1. The number of nitrogens with two attached hydrogens (primary N) is 1. The molecular formula is C17H24N2O2. The normalized spacial score (nSPS) is 26.9. The highest BCUT2D eigenvalue weighted by Crippen LogP contribution is 2.48. The van der Waals surface area contributed by atoms with E-state index in [9.17, 15) is 4.79 Å². The molecule has 114 valence electrons. The average Bonchev–Trinajstić information content (AvgIpc) is 3.09. The highest BCUT2D eigenvalue weighted by atomic mass is 16.5. The minimum atomic E-state index is -0.00539. The maximum Gasteiger partial charge on any atom is 0.255 e. The summed E-state index contributed by atoms with van der Waals surface area (Å²) >= 11 is 0. The van der Waals surface area contributed by atoms with Crippen LogP contribution in [0.3, 0.4) is 0 Å². The first-order valence-corrected chi connectivity index (χ1v) is 7.77. The molecule has 0 aliphatic heterocycles. The Labute approximate surface area is 126 Å². The molecule has 3 atom stereocenters. The molecule has 1 aromatic rings. The van der Waals surface area contributed by atoms with E-state index < -0.39 is 0 Å². The number of ether oxygens (including phenoxy) is 1. The Morgan fingerprint density at radius 2 is 2.19 bits per heavy atom. The lowest BCUT2D eigenvalue weighted by Gasteiger charge is -2.27. The molecule has 0 heterocycles. The largest absolute Gasteiger partial charge is 0.497 e. The third-order valence-corrected chi connectivity index (χ3v) is 5.23. The quantitative estimate of drug-likeness (QED) is 0.867. The van der Waals surface area contributed by atoms with Gasteiger partial charge in [-0.2, -0.15) is 0 Å². The van der Waals surface area contributed by atoms with Crippen molar-refractivity contribution in [1.29, 1.82) is 0 Å². The van der Waals surface area contributed by atoms with Crippen LogP contribution in [0.1, 0.15) is 36.0 Å². The number of hydrogen-bond acceptors (Lipinski definition) is 3. The molecule has 2 fully saturated rings. The van der Waals surface area contributed by atoms with Crippen molar-refractivity contribution in [3.63, 3.8) is 0 Å². The van der Waals surface area contributed by atoms with Crippen LogP contribution in [0.5, 0.6) is 5.75 Å². The van der Waals surface area contributed by atoms with Crippen LogP contribution in [0.15, 0.2) is 18.2 Å². The van der Waals surface area contributed by atoms with Crippen LogP contribution in [0.2, 0.25) is 0 Å². The maximum absolute atomic E-state index is 12.6. The lowest BCUT2D eigenvalue weighted by molar-refractivity contribution is 0.0755. The number of nitrogen functional groups attached to an aromatic ring is 1. The number of hydrogen-bond donors (Lipinski definition) is 1. The van der Waals surface area contributed by atoms with Crippen molar-refractivity contribution in [3.8, 4) is 5.75 Å². The fourth-order valence-corrected chi connectivity index (χ4v) is 4.09. The van der Waals surface area contributed by atoms with Gasteiger partial charge in [0.15, 0.2) is 0 Å². The number of benzene rings is 1. The highest BCUT2D eigenvalue weighted by Gasteiger charge is 2.40. The van der Waals surface area contributed by atoms with Gasteiger partial charge in [-0.05, 0) is 55.2 Å². The minimum Gasteiger partial charge on any atom is -0.497 e. The van der Waals surface area contributed by atoms with Crippen molar-refractivity contribution >= 4 is 11.6 Å². The first kappa shape index (κ1) is 14.2. The molecule has 2 N–H and O–H groups in total. The van der Waals surface area contributed by atoms with E-state index in [1.54, 1.807) is 25.3 Å². The van der Waals surface area contributed by atoms with E-state index in [0.717, 1.165) is 18.4 Å². The van der Waals surface area contributed by atoms with Crippen molar-refractivity contribution in [1.82, 2.24) is 4.90 Å². The first-order valence-electron chi connectivity index (χ1n) is 7.77. The van der Waals surface area contributed by atoms with E-state index in [-0.39, 0.29) is 5.91 Å². The molecule has 3 unspecified atom stereocenters. The molecule has 4 nitrogen and oxygen atoms in total. The third kappa shape index (κ3) is 2.71.